The van der Waals surface area contributed by atoms with Crippen molar-refractivity contribution in [2.75, 3.05) is 17.2 Å². The van der Waals surface area contributed by atoms with Crippen molar-refractivity contribution in [2.45, 2.75) is 16.7 Å². The van der Waals surface area contributed by atoms with E-state index in [0.29, 0.717) is 22.7 Å². The monoisotopic (exact) mass is 719 g/mol. The molecule has 20 heteroatoms. The van der Waals surface area contributed by atoms with Crippen molar-refractivity contribution in [3.05, 3.63) is 84.4 Å². The van der Waals surface area contributed by atoms with Crippen molar-refractivity contribution in [1.82, 2.24) is 0 Å². The number of hydrogen-bond donors (Lipinski definition) is 4. The molecule has 5 aromatic carbocycles. The predicted molar refractivity (Wildman–Crippen MR) is 171 cm³/mol. The number of rotatable bonds is 8. The third-order valence-corrected chi connectivity index (χ3v) is 8.38. The molecule has 0 aliphatic rings. The zero-order valence-electron chi connectivity index (χ0n) is 26.1. The Morgan fingerprint density at radius 1 is 0.612 bits per heavy atom. The third-order valence-electron chi connectivity index (χ3n) is 6.68. The molecule has 240 valence electrons. The molecule has 0 radical (unpaired) electrons. The summed E-state index contributed by atoms with van der Waals surface area (Å²) in [5.74, 6) is -0.924. The molecule has 0 aromatic heterocycles. The van der Waals surface area contributed by atoms with Gasteiger partial charge in [-0.25, -0.2) is 16.8 Å². The number of aromatic hydroxyl groups is 1. The van der Waals surface area contributed by atoms with E-state index in [1.54, 1.807) is 37.3 Å². The number of hydrogen-bond acceptors (Lipinski definition) is 16. The summed E-state index contributed by atoms with van der Waals surface area (Å²) in [6.45, 7) is 1.80. The van der Waals surface area contributed by atoms with E-state index < -0.39 is 52.8 Å². The van der Waals surface area contributed by atoms with Crippen LogP contribution in [0.5, 0.6) is 5.75 Å². The van der Waals surface area contributed by atoms with Crippen LogP contribution >= 0.6 is 0 Å². The summed E-state index contributed by atoms with van der Waals surface area (Å²) in [7, 11) is -10.6. The van der Waals surface area contributed by atoms with E-state index in [1.165, 1.54) is 36.4 Å². The van der Waals surface area contributed by atoms with E-state index in [4.69, 9.17) is 17.2 Å². The van der Waals surface area contributed by atoms with Crippen LogP contribution in [0.3, 0.4) is 0 Å². The van der Waals surface area contributed by atoms with Crippen LogP contribution in [0.1, 0.15) is 5.56 Å². The van der Waals surface area contributed by atoms with Crippen molar-refractivity contribution in [1.29, 1.82) is 0 Å². The van der Waals surface area contributed by atoms with Gasteiger partial charge in [0.1, 0.15) is 37.3 Å². The van der Waals surface area contributed by atoms with Crippen LogP contribution in [0.15, 0.2) is 119 Å². The summed E-state index contributed by atoms with van der Waals surface area (Å²) in [6.07, 6.45) is 0. The van der Waals surface area contributed by atoms with Gasteiger partial charge in [-0.2, -0.15) is 15.3 Å². The standard InChI is InChI=1S/C29H25N9O7S2.2Na/c1-15-11-22(21(31)14-20(15)30)36-33-18-7-9-19(10-8-18)35-37-27-23(46(40,41)42)12-16-13-24(47(43,44)45)28(29(39)25(16)26(27)32)38-34-17-5-3-2-4-6-17;;/h2-14,39H,30-32H2,1H3,(H,40,41,42)(H,43,44,45);;/q;2*+1/p-2. The minimum atomic E-state index is -5.30. The van der Waals surface area contributed by atoms with Gasteiger partial charge in [0.2, 0.25) is 0 Å². The Hall–Kier alpha value is -3.82. The molecule has 0 heterocycles. The number of phenols is 1. The molecule has 16 nitrogen and oxygen atoms in total. The van der Waals surface area contributed by atoms with Gasteiger partial charge >= 0.3 is 59.1 Å². The minimum absolute atomic E-state index is 0. The van der Waals surface area contributed by atoms with Gasteiger partial charge in [-0.1, -0.05) is 18.2 Å². The Morgan fingerprint density at radius 3 is 1.61 bits per heavy atom. The van der Waals surface area contributed by atoms with Crippen LogP contribution in [-0.4, -0.2) is 31.0 Å². The quantitative estimate of drug-likeness (QED) is 0.0752. The topological polar surface area (TPSA) is 287 Å². The summed E-state index contributed by atoms with van der Waals surface area (Å²) in [5.41, 5.74) is 18.9. The zero-order valence-corrected chi connectivity index (χ0v) is 31.8. The number of benzene rings is 5. The Bertz CT molecular complexity index is 2360. The molecule has 49 heavy (non-hydrogen) atoms. The molecule has 0 aliphatic heterocycles. The van der Waals surface area contributed by atoms with Crippen molar-refractivity contribution in [3.8, 4) is 5.75 Å². The van der Waals surface area contributed by atoms with Gasteiger partial charge in [0.25, 0.3) is 0 Å². The molecule has 5 rings (SSSR count). The molecular weight excluding hydrogens is 696 g/mol. The molecule has 0 aliphatic carbocycles. The van der Waals surface area contributed by atoms with Crippen LogP contribution in [-0.2, 0) is 20.2 Å². The molecule has 0 saturated heterocycles. The minimum Gasteiger partial charge on any atom is -0.744 e. The maximum atomic E-state index is 12.2. The van der Waals surface area contributed by atoms with Gasteiger partial charge in [-0.05, 0) is 78.5 Å². The van der Waals surface area contributed by atoms with E-state index in [0.717, 1.165) is 17.7 Å². The first kappa shape index (κ1) is 39.6. The second-order valence-corrected chi connectivity index (χ2v) is 12.6. The molecule has 5 aromatic rings. The molecule has 0 spiro atoms. The number of nitrogens with two attached hydrogens (primary N) is 3. The second kappa shape index (κ2) is 15.8. The van der Waals surface area contributed by atoms with Crippen molar-refractivity contribution >= 4 is 82.2 Å². The number of phenolic OH excluding ortho intramolecular Hbond substituents is 1. The van der Waals surface area contributed by atoms with E-state index >= 15 is 0 Å². The predicted octanol–water partition coefficient (Wildman–Crippen LogP) is 0.663. The van der Waals surface area contributed by atoms with E-state index in [1.807, 2.05) is 0 Å². The summed E-state index contributed by atoms with van der Waals surface area (Å²) in [5, 5.41) is 34.1. The maximum Gasteiger partial charge on any atom is 1.00 e. The summed E-state index contributed by atoms with van der Waals surface area (Å²) >= 11 is 0. The summed E-state index contributed by atoms with van der Waals surface area (Å²) in [4.78, 5) is -2.02. The summed E-state index contributed by atoms with van der Waals surface area (Å²) < 4.78 is 73.0. The fourth-order valence-electron chi connectivity index (χ4n) is 4.31. The van der Waals surface area contributed by atoms with Crippen molar-refractivity contribution in [3.63, 3.8) is 0 Å². The first-order chi connectivity index (χ1) is 22.1. The normalized spacial score (nSPS) is 12.1. The molecule has 0 bridgehead atoms. The first-order valence-corrected chi connectivity index (χ1v) is 16.0. The van der Waals surface area contributed by atoms with Gasteiger partial charge in [0, 0.05) is 5.69 Å². The Morgan fingerprint density at radius 2 is 1.08 bits per heavy atom. The van der Waals surface area contributed by atoms with E-state index in [2.05, 4.69) is 30.7 Å². The molecule has 0 unspecified atom stereocenters. The Balaban J connectivity index is 0.00000325. The number of nitrogens with zero attached hydrogens (tertiary/aromatic N) is 6. The van der Waals surface area contributed by atoms with Crippen LogP contribution in [0, 0.1) is 6.92 Å². The average Bonchev–Trinajstić information content (AvgIpc) is 3.01. The molecular formula is C29H23N9Na2O7S2. The number of anilines is 3. The largest absolute Gasteiger partial charge is 1.00 e. The molecule has 0 saturated carbocycles. The average molecular weight is 720 g/mol. The van der Waals surface area contributed by atoms with Crippen LogP contribution in [0.4, 0.5) is 51.2 Å². The Labute approximate surface area is 324 Å². The SMILES string of the molecule is Cc1cc(N=Nc2ccc(N=Nc3c(S(=O)(=O)[O-])cc4cc(S(=O)(=O)[O-])c(N=Nc5ccccc5)c(O)c4c3N)cc2)c(N)cc1N.[Na+].[Na+]. The molecule has 0 fully saturated rings. The maximum absolute atomic E-state index is 12.2. The van der Waals surface area contributed by atoms with Gasteiger partial charge in [-0.15, -0.1) is 15.3 Å². The number of azo groups is 3. The van der Waals surface area contributed by atoms with Gasteiger partial charge in [-0.3, -0.25) is 0 Å². The summed E-state index contributed by atoms with van der Waals surface area (Å²) in [6, 6.07) is 18.7. The smallest absolute Gasteiger partial charge is 0.744 e. The third kappa shape index (κ3) is 9.05. The number of nitrogen functional groups attached to an aromatic ring is 3. The molecule has 7 N–H and O–H groups in total. The molecule has 0 atom stereocenters. The van der Waals surface area contributed by atoms with E-state index in [-0.39, 0.29) is 81.3 Å². The zero-order chi connectivity index (χ0) is 34.1. The van der Waals surface area contributed by atoms with Crippen molar-refractivity contribution in [2.24, 2.45) is 30.7 Å². The van der Waals surface area contributed by atoms with E-state index in [9.17, 15) is 31.0 Å². The van der Waals surface area contributed by atoms with Gasteiger partial charge < -0.3 is 31.4 Å². The van der Waals surface area contributed by atoms with Gasteiger partial charge in [0.05, 0.1) is 43.6 Å². The number of fused-ring (bicyclic) bond motifs is 1. The Kier molecular flexibility index (Phi) is 12.8. The molecule has 0 amide bonds. The fraction of sp³-hybridized carbons (Fsp3) is 0.0345. The van der Waals surface area contributed by atoms with Crippen LogP contribution in [0.25, 0.3) is 10.8 Å². The number of aryl methyl sites for hydroxylation is 1. The second-order valence-electron chi connectivity index (χ2n) is 9.93. The van der Waals surface area contributed by atoms with Crippen LogP contribution in [0.2, 0.25) is 0 Å². The van der Waals surface area contributed by atoms with Crippen molar-refractivity contribution < 1.29 is 90.2 Å². The van der Waals surface area contributed by atoms with Gasteiger partial charge in [0.15, 0.2) is 5.75 Å². The fourth-order valence-corrected chi connectivity index (χ4v) is 5.62. The van der Waals surface area contributed by atoms with Crippen LogP contribution < -0.4 is 76.3 Å². The first-order valence-electron chi connectivity index (χ1n) is 13.2.